The minimum absolute atomic E-state index is 0.00937. The molecule has 0 bridgehead atoms. The number of rotatable bonds is 6. The highest BCUT2D eigenvalue weighted by Gasteiger charge is 2.23. The maximum Gasteiger partial charge on any atom is 0.325 e. The molecular formula is C14H20N2O3. The molecule has 0 saturated carbocycles. The van der Waals surface area contributed by atoms with Gasteiger partial charge in [-0.1, -0.05) is 32.0 Å². The van der Waals surface area contributed by atoms with Gasteiger partial charge in [0, 0.05) is 5.56 Å². The van der Waals surface area contributed by atoms with Crippen LogP contribution in [0.2, 0.25) is 0 Å². The lowest BCUT2D eigenvalue weighted by Crippen LogP contribution is -2.51. The minimum Gasteiger partial charge on any atom is -0.465 e. The molecule has 1 unspecified atom stereocenters. The Morgan fingerprint density at radius 1 is 1.21 bits per heavy atom. The SMILES string of the molecule is CCOC(=O)C(NNC(=O)c1ccccc1)C(C)C. The van der Waals surface area contributed by atoms with Crippen molar-refractivity contribution in [3.05, 3.63) is 35.9 Å². The van der Waals surface area contributed by atoms with Gasteiger partial charge in [0.1, 0.15) is 6.04 Å². The van der Waals surface area contributed by atoms with E-state index in [1.54, 1.807) is 31.2 Å². The van der Waals surface area contributed by atoms with Crippen molar-refractivity contribution in [3.8, 4) is 0 Å². The van der Waals surface area contributed by atoms with Gasteiger partial charge in [-0.3, -0.25) is 15.0 Å². The fourth-order valence-electron chi connectivity index (χ4n) is 1.53. The van der Waals surface area contributed by atoms with Crippen LogP contribution in [0.3, 0.4) is 0 Å². The number of hydrazine groups is 1. The molecule has 0 aromatic heterocycles. The first-order chi connectivity index (χ1) is 9.06. The molecule has 1 atom stereocenters. The lowest BCUT2D eigenvalue weighted by Gasteiger charge is -2.20. The Hall–Kier alpha value is -1.88. The normalized spacial score (nSPS) is 12.0. The van der Waals surface area contributed by atoms with Gasteiger partial charge in [0.05, 0.1) is 6.61 Å². The highest BCUT2D eigenvalue weighted by Crippen LogP contribution is 2.03. The van der Waals surface area contributed by atoms with Gasteiger partial charge >= 0.3 is 5.97 Å². The van der Waals surface area contributed by atoms with E-state index in [-0.39, 0.29) is 17.8 Å². The lowest BCUT2D eigenvalue weighted by molar-refractivity contribution is -0.147. The topological polar surface area (TPSA) is 67.4 Å². The molecule has 2 N–H and O–H groups in total. The van der Waals surface area contributed by atoms with Crippen LogP contribution >= 0.6 is 0 Å². The molecule has 0 aliphatic rings. The highest BCUT2D eigenvalue weighted by atomic mass is 16.5. The molecule has 1 rings (SSSR count). The summed E-state index contributed by atoms with van der Waals surface area (Å²) in [6.45, 7) is 5.82. The number of carbonyl (C=O) groups excluding carboxylic acids is 2. The van der Waals surface area contributed by atoms with E-state index in [4.69, 9.17) is 4.74 Å². The second-order valence-corrected chi connectivity index (χ2v) is 4.44. The molecule has 0 aliphatic heterocycles. The zero-order valence-electron chi connectivity index (χ0n) is 11.5. The number of benzene rings is 1. The summed E-state index contributed by atoms with van der Waals surface area (Å²) < 4.78 is 4.95. The third kappa shape index (κ3) is 4.71. The second kappa shape index (κ2) is 7.53. The van der Waals surface area contributed by atoms with Crippen LogP contribution in [0.5, 0.6) is 0 Å². The molecule has 5 heteroatoms. The summed E-state index contributed by atoms with van der Waals surface area (Å²) in [5.74, 6) is -0.642. The van der Waals surface area contributed by atoms with Crippen molar-refractivity contribution in [1.82, 2.24) is 10.9 Å². The molecule has 1 aromatic carbocycles. The summed E-state index contributed by atoms with van der Waals surface area (Å²) in [6.07, 6.45) is 0. The largest absolute Gasteiger partial charge is 0.465 e. The van der Waals surface area contributed by atoms with Gasteiger partial charge in [0.15, 0.2) is 0 Å². The molecule has 19 heavy (non-hydrogen) atoms. The molecule has 0 fully saturated rings. The van der Waals surface area contributed by atoms with Crippen LogP contribution in [0.1, 0.15) is 31.1 Å². The van der Waals surface area contributed by atoms with Crippen LogP contribution in [-0.2, 0) is 9.53 Å². The van der Waals surface area contributed by atoms with Gasteiger partial charge in [-0.2, -0.15) is 0 Å². The van der Waals surface area contributed by atoms with Crippen LogP contribution in [0, 0.1) is 5.92 Å². The first kappa shape index (κ1) is 15.2. The Morgan fingerprint density at radius 3 is 2.37 bits per heavy atom. The van der Waals surface area contributed by atoms with E-state index in [0.29, 0.717) is 12.2 Å². The number of hydrogen-bond acceptors (Lipinski definition) is 4. The Bertz CT molecular complexity index is 418. The molecule has 0 saturated heterocycles. The van der Waals surface area contributed by atoms with Crippen LogP contribution in [0.15, 0.2) is 30.3 Å². The molecule has 0 spiro atoms. The minimum atomic E-state index is -0.562. The molecular weight excluding hydrogens is 244 g/mol. The highest BCUT2D eigenvalue weighted by molar-refractivity contribution is 5.94. The van der Waals surface area contributed by atoms with E-state index in [0.717, 1.165) is 0 Å². The number of ether oxygens (including phenoxy) is 1. The number of nitrogens with one attached hydrogen (secondary N) is 2. The van der Waals surface area contributed by atoms with E-state index in [1.165, 1.54) is 0 Å². The summed E-state index contributed by atoms with van der Waals surface area (Å²) in [5, 5.41) is 0. The van der Waals surface area contributed by atoms with Crippen LogP contribution in [0.25, 0.3) is 0 Å². The standard InChI is InChI=1S/C14H20N2O3/c1-4-19-14(18)12(10(2)3)15-16-13(17)11-8-6-5-7-9-11/h5-10,12,15H,4H2,1-3H3,(H,16,17). The quantitative estimate of drug-likeness (QED) is 0.603. The van der Waals surface area contributed by atoms with Crippen molar-refractivity contribution in [2.75, 3.05) is 6.61 Å². The number of carbonyl (C=O) groups is 2. The van der Waals surface area contributed by atoms with Gasteiger partial charge in [-0.25, -0.2) is 5.43 Å². The zero-order valence-corrected chi connectivity index (χ0v) is 11.5. The fourth-order valence-corrected chi connectivity index (χ4v) is 1.53. The molecule has 1 aromatic rings. The monoisotopic (exact) mass is 264 g/mol. The van der Waals surface area contributed by atoms with Crippen molar-refractivity contribution in [1.29, 1.82) is 0 Å². The van der Waals surface area contributed by atoms with E-state index in [9.17, 15) is 9.59 Å². The van der Waals surface area contributed by atoms with E-state index < -0.39 is 6.04 Å². The third-order valence-electron chi connectivity index (χ3n) is 2.58. The Kier molecular flexibility index (Phi) is 6.02. The average molecular weight is 264 g/mol. The Labute approximate surface area is 113 Å². The molecule has 0 heterocycles. The van der Waals surface area contributed by atoms with Crippen molar-refractivity contribution in [2.45, 2.75) is 26.8 Å². The average Bonchev–Trinajstić information content (AvgIpc) is 2.39. The number of hydrogen-bond donors (Lipinski definition) is 2. The molecule has 1 amide bonds. The summed E-state index contributed by atoms with van der Waals surface area (Å²) in [6, 6.07) is 8.23. The van der Waals surface area contributed by atoms with Crippen molar-refractivity contribution < 1.29 is 14.3 Å². The third-order valence-corrected chi connectivity index (χ3v) is 2.58. The first-order valence-electron chi connectivity index (χ1n) is 6.33. The Balaban J connectivity index is 2.57. The van der Waals surface area contributed by atoms with Crippen LogP contribution < -0.4 is 10.9 Å². The Morgan fingerprint density at radius 2 is 1.84 bits per heavy atom. The van der Waals surface area contributed by atoms with Crippen LogP contribution in [0.4, 0.5) is 0 Å². The smallest absolute Gasteiger partial charge is 0.325 e. The summed E-state index contributed by atoms with van der Waals surface area (Å²) in [7, 11) is 0. The van der Waals surface area contributed by atoms with Gasteiger partial charge in [-0.05, 0) is 25.0 Å². The first-order valence-corrected chi connectivity index (χ1v) is 6.33. The van der Waals surface area contributed by atoms with E-state index in [2.05, 4.69) is 10.9 Å². The molecule has 104 valence electrons. The summed E-state index contributed by atoms with van der Waals surface area (Å²) in [5.41, 5.74) is 5.79. The van der Waals surface area contributed by atoms with E-state index in [1.807, 2.05) is 19.9 Å². The number of amides is 1. The molecule has 5 nitrogen and oxygen atoms in total. The predicted molar refractivity (Wildman–Crippen MR) is 72.3 cm³/mol. The summed E-state index contributed by atoms with van der Waals surface area (Å²) in [4.78, 5) is 23.5. The molecule has 0 aliphatic carbocycles. The van der Waals surface area contributed by atoms with Crippen LogP contribution in [-0.4, -0.2) is 24.5 Å². The van der Waals surface area contributed by atoms with Gasteiger partial charge < -0.3 is 4.74 Å². The van der Waals surface area contributed by atoms with Gasteiger partial charge in [0.25, 0.3) is 5.91 Å². The van der Waals surface area contributed by atoms with Crippen molar-refractivity contribution >= 4 is 11.9 Å². The molecule has 0 radical (unpaired) electrons. The maximum atomic E-state index is 11.8. The van der Waals surface area contributed by atoms with Gasteiger partial charge in [-0.15, -0.1) is 0 Å². The maximum absolute atomic E-state index is 11.8. The predicted octanol–water partition coefficient (Wildman–Crippen LogP) is 1.51. The second-order valence-electron chi connectivity index (χ2n) is 4.44. The van der Waals surface area contributed by atoms with Gasteiger partial charge in [0.2, 0.25) is 0 Å². The van der Waals surface area contributed by atoms with Crippen molar-refractivity contribution in [3.63, 3.8) is 0 Å². The summed E-state index contributed by atoms with van der Waals surface area (Å²) >= 11 is 0. The van der Waals surface area contributed by atoms with Crippen molar-refractivity contribution in [2.24, 2.45) is 5.92 Å². The lowest BCUT2D eigenvalue weighted by atomic mass is 10.1. The van der Waals surface area contributed by atoms with E-state index >= 15 is 0 Å². The zero-order chi connectivity index (χ0) is 14.3. The number of esters is 1. The fraction of sp³-hybridized carbons (Fsp3) is 0.429.